The topological polar surface area (TPSA) is 66.5 Å². The second-order valence-electron chi connectivity index (χ2n) is 6.79. The summed E-state index contributed by atoms with van der Waals surface area (Å²) in [6, 6.07) is 15.2. The lowest BCUT2D eigenvalue weighted by Crippen LogP contribution is -2.45. The summed E-state index contributed by atoms with van der Waals surface area (Å²) in [4.78, 5) is 13.8. The van der Waals surface area contributed by atoms with E-state index in [2.05, 4.69) is 10.2 Å². The second kappa shape index (κ2) is 8.68. The van der Waals surface area contributed by atoms with Crippen LogP contribution in [0.2, 0.25) is 0 Å². The number of hydrogen-bond donors (Lipinski definition) is 1. The Morgan fingerprint density at radius 2 is 1.64 bits per heavy atom. The Labute approximate surface area is 163 Å². The van der Waals surface area contributed by atoms with E-state index in [-0.39, 0.29) is 16.8 Å². The third-order valence-corrected chi connectivity index (χ3v) is 6.23. The van der Waals surface area contributed by atoms with Crippen LogP contribution in [0.25, 0.3) is 0 Å². The smallest absolute Gasteiger partial charge is 0.341 e. The largest absolute Gasteiger partial charge is 0.371 e. The van der Waals surface area contributed by atoms with Gasteiger partial charge in [-0.25, -0.2) is 8.42 Å². The molecular weight excluding hydrogens is 386 g/mol. The molecule has 0 unspecified atom stereocenters. The van der Waals surface area contributed by atoms with Crippen LogP contribution in [0.1, 0.15) is 18.4 Å². The number of piperidine rings is 1. The van der Waals surface area contributed by atoms with Crippen molar-refractivity contribution in [3.63, 3.8) is 0 Å². The maximum absolute atomic E-state index is 12.6. The highest BCUT2D eigenvalue weighted by Gasteiger charge is 2.27. The van der Waals surface area contributed by atoms with Gasteiger partial charge >= 0.3 is 5.76 Å². The minimum Gasteiger partial charge on any atom is -0.371 e. The monoisotopic (exact) mass is 408 g/mol. The molecule has 1 heterocycles. The molecule has 0 atom stereocenters. The molecule has 150 valence electrons. The first-order valence-corrected chi connectivity index (χ1v) is 10.6. The van der Waals surface area contributed by atoms with Gasteiger partial charge in [-0.05, 0) is 42.7 Å². The Hall–Kier alpha value is -2.48. The van der Waals surface area contributed by atoms with Gasteiger partial charge in [0.2, 0.25) is 15.7 Å². The van der Waals surface area contributed by atoms with Crippen molar-refractivity contribution >= 4 is 21.4 Å². The zero-order valence-electron chi connectivity index (χ0n) is 15.2. The SMILES string of the molecule is O=C(Cc1ccccc1)NC1CCN(c2ccc(S(=O)(=O)C(F)F)cc2)CC1. The average molecular weight is 408 g/mol. The van der Waals surface area contributed by atoms with Crippen molar-refractivity contribution in [1.29, 1.82) is 0 Å². The standard InChI is InChI=1S/C20H22F2N2O3S/c21-20(22)28(26,27)18-8-6-17(7-9-18)24-12-10-16(11-13-24)23-19(25)14-15-4-2-1-3-5-15/h1-9,16,20H,10-14H2,(H,23,25). The molecule has 1 saturated heterocycles. The summed E-state index contributed by atoms with van der Waals surface area (Å²) in [7, 11) is -4.57. The highest BCUT2D eigenvalue weighted by atomic mass is 32.2. The van der Waals surface area contributed by atoms with Gasteiger partial charge in [-0.2, -0.15) is 8.78 Å². The number of carbonyl (C=O) groups is 1. The van der Waals surface area contributed by atoms with Crippen molar-refractivity contribution in [2.45, 2.75) is 36.0 Å². The summed E-state index contributed by atoms with van der Waals surface area (Å²) in [6.45, 7) is 1.38. The van der Waals surface area contributed by atoms with E-state index in [0.29, 0.717) is 19.5 Å². The van der Waals surface area contributed by atoms with E-state index in [4.69, 9.17) is 0 Å². The van der Waals surface area contributed by atoms with E-state index < -0.39 is 15.6 Å². The number of sulfone groups is 1. The van der Waals surface area contributed by atoms with Gasteiger partial charge in [-0.3, -0.25) is 4.79 Å². The predicted molar refractivity (Wildman–Crippen MR) is 103 cm³/mol. The highest BCUT2D eigenvalue weighted by Crippen LogP contribution is 2.24. The highest BCUT2D eigenvalue weighted by molar-refractivity contribution is 7.91. The van der Waals surface area contributed by atoms with Crippen LogP contribution in [0, 0.1) is 0 Å². The molecule has 28 heavy (non-hydrogen) atoms. The van der Waals surface area contributed by atoms with Crippen molar-refractivity contribution < 1.29 is 22.0 Å². The Bertz CT molecular complexity index is 895. The minimum absolute atomic E-state index is 0.00814. The van der Waals surface area contributed by atoms with Crippen molar-refractivity contribution in [2.75, 3.05) is 18.0 Å². The first-order valence-electron chi connectivity index (χ1n) is 9.06. The van der Waals surface area contributed by atoms with E-state index in [1.165, 1.54) is 12.1 Å². The van der Waals surface area contributed by atoms with Gasteiger partial charge in [0, 0.05) is 24.8 Å². The molecule has 1 fully saturated rings. The fourth-order valence-electron chi connectivity index (χ4n) is 3.29. The molecule has 5 nitrogen and oxygen atoms in total. The first kappa shape index (κ1) is 20.3. The second-order valence-corrected chi connectivity index (χ2v) is 8.71. The van der Waals surface area contributed by atoms with Crippen molar-refractivity contribution in [3.05, 3.63) is 60.2 Å². The summed E-state index contributed by atoms with van der Waals surface area (Å²) in [6.07, 6.45) is 1.87. The van der Waals surface area contributed by atoms with Gasteiger partial charge in [0.1, 0.15) is 0 Å². The van der Waals surface area contributed by atoms with Gasteiger partial charge in [0.25, 0.3) is 0 Å². The quantitative estimate of drug-likeness (QED) is 0.798. The summed E-state index contributed by atoms with van der Waals surface area (Å²) in [5.74, 6) is -3.43. The number of nitrogens with zero attached hydrogens (tertiary/aromatic N) is 1. The third-order valence-electron chi connectivity index (χ3n) is 4.83. The van der Waals surface area contributed by atoms with E-state index in [1.54, 1.807) is 12.1 Å². The normalized spacial score (nSPS) is 15.6. The van der Waals surface area contributed by atoms with Crippen LogP contribution in [-0.2, 0) is 21.1 Å². The maximum Gasteiger partial charge on any atom is 0.341 e. The number of carbonyl (C=O) groups excluding carboxylic acids is 1. The van der Waals surface area contributed by atoms with E-state index in [0.717, 1.165) is 24.1 Å². The van der Waals surface area contributed by atoms with Crippen LogP contribution in [0.15, 0.2) is 59.5 Å². The van der Waals surface area contributed by atoms with Gasteiger partial charge in [0.05, 0.1) is 11.3 Å². The fraction of sp³-hybridized carbons (Fsp3) is 0.350. The number of benzene rings is 2. The predicted octanol–water partition coefficient (Wildman–Crippen LogP) is 3.01. The lowest BCUT2D eigenvalue weighted by atomic mass is 10.0. The molecule has 1 aliphatic heterocycles. The summed E-state index contributed by atoms with van der Waals surface area (Å²) < 4.78 is 48.2. The number of anilines is 1. The van der Waals surface area contributed by atoms with E-state index >= 15 is 0 Å². The molecule has 0 saturated carbocycles. The van der Waals surface area contributed by atoms with Crippen molar-refractivity contribution in [1.82, 2.24) is 5.32 Å². The first-order chi connectivity index (χ1) is 13.4. The average Bonchev–Trinajstić information content (AvgIpc) is 2.69. The molecule has 3 rings (SSSR count). The Kier molecular flexibility index (Phi) is 6.28. The molecule has 2 aromatic rings. The Morgan fingerprint density at radius 1 is 1.04 bits per heavy atom. The molecular formula is C20H22F2N2O3S. The van der Waals surface area contributed by atoms with E-state index in [1.807, 2.05) is 30.3 Å². The molecule has 1 N–H and O–H groups in total. The van der Waals surface area contributed by atoms with Crippen molar-refractivity contribution in [3.8, 4) is 0 Å². The van der Waals surface area contributed by atoms with Gasteiger partial charge < -0.3 is 10.2 Å². The Morgan fingerprint density at radius 3 is 2.21 bits per heavy atom. The number of halogens is 2. The molecule has 0 aliphatic carbocycles. The molecule has 0 bridgehead atoms. The lowest BCUT2D eigenvalue weighted by Gasteiger charge is -2.34. The molecule has 0 aromatic heterocycles. The number of nitrogens with one attached hydrogen (secondary N) is 1. The number of alkyl halides is 2. The van der Waals surface area contributed by atoms with Crippen molar-refractivity contribution in [2.24, 2.45) is 0 Å². The van der Waals surface area contributed by atoms with E-state index in [9.17, 15) is 22.0 Å². The molecule has 1 amide bonds. The van der Waals surface area contributed by atoms with Crippen LogP contribution >= 0.6 is 0 Å². The molecule has 0 radical (unpaired) electrons. The van der Waals surface area contributed by atoms with Crippen LogP contribution in [-0.4, -0.2) is 39.2 Å². The molecule has 1 aliphatic rings. The zero-order chi connectivity index (χ0) is 20.1. The summed E-state index contributed by atoms with van der Waals surface area (Å²) >= 11 is 0. The number of hydrogen-bond acceptors (Lipinski definition) is 4. The molecule has 0 spiro atoms. The van der Waals surface area contributed by atoms with Crippen LogP contribution in [0.5, 0.6) is 0 Å². The van der Waals surface area contributed by atoms with Gasteiger partial charge in [-0.1, -0.05) is 30.3 Å². The Balaban J connectivity index is 1.52. The number of rotatable bonds is 6. The zero-order valence-corrected chi connectivity index (χ0v) is 16.0. The maximum atomic E-state index is 12.6. The van der Waals surface area contributed by atoms with Crippen LogP contribution in [0.4, 0.5) is 14.5 Å². The summed E-state index contributed by atoms with van der Waals surface area (Å²) in [5, 5.41) is 3.05. The number of amides is 1. The van der Waals surface area contributed by atoms with Gasteiger partial charge in [-0.15, -0.1) is 0 Å². The molecule has 8 heteroatoms. The van der Waals surface area contributed by atoms with Crippen LogP contribution in [0.3, 0.4) is 0 Å². The third kappa shape index (κ3) is 4.86. The lowest BCUT2D eigenvalue weighted by molar-refractivity contribution is -0.121. The molecule has 2 aromatic carbocycles. The minimum atomic E-state index is -4.57. The fourth-order valence-corrected chi connectivity index (χ4v) is 4.01. The summed E-state index contributed by atoms with van der Waals surface area (Å²) in [5.41, 5.74) is 1.75. The van der Waals surface area contributed by atoms with Crippen LogP contribution < -0.4 is 10.2 Å². The van der Waals surface area contributed by atoms with Gasteiger partial charge in [0.15, 0.2) is 0 Å².